The number of carbonyl (C=O) groups is 2. The van der Waals surface area contributed by atoms with Crippen LogP contribution in [0, 0.1) is 0 Å². The highest BCUT2D eigenvalue weighted by molar-refractivity contribution is 5.97. The maximum Gasteiger partial charge on any atom is 0.255 e. The van der Waals surface area contributed by atoms with Crippen molar-refractivity contribution >= 4 is 11.8 Å². The molecule has 27 heavy (non-hydrogen) atoms. The number of ether oxygens (including phenoxy) is 1. The maximum atomic E-state index is 13.1. The molecule has 2 aliphatic rings. The highest BCUT2D eigenvalue weighted by Gasteiger charge is 2.42. The Morgan fingerprint density at radius 3 is 2.70 bits per heavy atom. The Bertz CT molecular complexity index is 852. The molecule has 140 valence electrons. The molecular weight excluding hydrogens is 340 g/mol. The van der Waals surface area contributed by atoms with Crippen LogP contribution in [0.3, 0.4) is 0 Å². The smallest absolute Gasteiger partial charge is 0.255 e. The number of piperidine rings is 1. The fourth-order valence-corrected chi connectivity index (χ4v) is 4.02. The zero-order chi connectivity index (χ0) is 18.9. The number of carbonyl (C=O) groups excluding carboxylic acids is 2. The van der Waals surface area contributed by atoms with Gasteiger partial charge in [0.2, 0.25) is 5.91 Å². The standard InChI is InChI=1S/C22H24N2O3/c1-16(17-8-3-2-4-9-17)21(26)24-13-7-12-22(15-24)14-23-20(25)18-10-5-6-11-19(18)27-22/h2-6,8-11,16H,7,12-15H2,1H3,(H,23,25)/t16-,22+/m0/s1. The summed E-state index contributed by atoms with van der Waals surface area (Å²) in [7, 11) is 0. The van der Waals surface area contributed by atoms with E-state index >= 15 is 0 Å². The van der Waals surface area contributed by atoms with Crippen molar-refractivity contribution in [1.82, 2.24) is 10.2 Å². The molecule has 5 heteroatoms. The van der Waals surface area contributed by atoms with Gasteiger partial charge in [0.1, 0.15) is 11.4 Å². The van der Waals surface area contributed by atoms with Crippen molar-refractivity contribution in [2.45, 2.75) is 31.3 Å². The number of nitrogens with one attached hydrogen (secondary N) is 1. The molecule has 2 aliphatic heterocycles. The third kappa shape index (κ3) is 3.42. The summed E-state index contributed by atoms with van der Waals surface area (Å²) < 4.78 is 6.34. The third-order valence-corrected chi connectivity index (χ3v) is 5.55. The van der Waals surface area contributed by atoms with Crippen LogP contribution in [-0.4, -0.2) is 41.9 Å². The molecule has 2 aromatic carbocycles. The Kier molecular flexibility index (Phi) is 4.60. The first kappa shape index (κ1) is 17.6. The summed E-state index contributed by atoms with van der Waals surface area (Å²) in [4.78, 5) is 27.4. The van der Waals surface area contributed by atoms with Gasteiger partial charge >= 0.3 is 0 Å². The van der Waals surface area contributed by atoms with Gasteiger partial charge in [-0.25, -0.2) is 0 Å². The van der Waals surface area contributed by atoms with E-state index in [0.717, 1.165) is 24.9 Å². The van der Waals surface area contributed by atoms with E-state index in [1.807, 2.05) is 60.4 Å². The highest BCUT2D eigenvalue weighted by Crippen LogP contribution is 2.33. The van der Waals surface area contributed by atoms with Crippen molar-refractivity contribution in [3.05, 3.63) is 65.7 Å². The molecule has 0 unspecified atom stereocenters. The molecule has 0 aromatic heterocycles. The molecule has 1 N–H and O–H groups in total. The zero-order valence-corrected chi connectivity index (χ0v) is 15.5. The van der Waals surface area contributed by atoms with Gasteiger partial charge in [-0.05, 0) is 37.5 Å². The van der Waals surface area contributed by atoms with Crippen LogP contribution in [-0.2, 0) is 4.79 Å². The summed E-state index contributed by atoms with van der Waals surface area (Å²) in [6.07, 6.45) is 1.66. The van der Waals surface area contributed by atoms with Crippen LogP contribution in [0.15, 0.2) is 54.6 Å². The molecule has 0 radical (unpaired) electrons. The van der Waals surface area contributed by atoms with Crippen molar-refractivity contribution in [3.8, 4) is 5.75 Å². The molecule has 0 bridgehead atoms. The number of benzene rings is 2. The van der Waals surface area contributed by atoms with Gasteiger partial charge < -0.3 is 15.0 Å². The van der Waals surface area contributed by atoms with Crippen LogP contribution in [0.2, 0.25) is 0 Å². The van der Waals surface area contributed by atoms with E-state index in [4.69, 9.17) is 4.74 Å². The van der Waals surface area contributed by atoms with Gasteiger partial charge in [-0.2, -0.15) is 0 Å². The Hall–Kier alpha value is -2.82. The molecule has 2 heterocycles. The molecule has 1 saturated heterocycles. The largest absolute Gasteiger partial charge is 0.483 e. The third-order valence-electron chi connectivity index (χ3n) is 5.55. The van der Waals surface area contributed by atoms with E-state index in [2.05, 4.69) is 5.32 Å². The maximum absolute atomic E-state index is 13.1. The van der Waals surface area contributed by atoms with Gasteiger partial charge in [0, 0.05) is 6.54 Å². The molecule has 2 aromatic rings. The normalized spacial score (nSPS) is 23.0. The molecule has 1 fully saturated rings. The Labute approximate surface area is 159 Å². The quantitative estimate of drug-likeness (QED) is 0.891. The lowest BCUT2D eigenvalue weighted by atomic mass is 9.90. The molecule has 2 amide bonds. The second-order valence-corrected chi connectivity index (χ2v) is 7.46. The molecule has 1 spiro atoms. The summed E-state index contributed by atoms with van der Waals surface area (Å²) in [5.74, 6) is 0.378. The number of likely N-dealkylation sites (tertiary alicyclic amines) is 1. The van der Waals surface area contributed by atoms with Crippen molar-refractivity contribution in [2.75, 3.05) is 19.6 Å². The predicted molar refractivity (Wildman–Crippen MR) is 103 cm³/mol. The van der Waals surface area contributed by atoms with Gasteiger partial charge in [-0.1, -0.05) is 42.5 Å². The summed E-state index contributed by atoms with van der Waals surface area (Å²) >= 11 is 0. The highest BCUT2D eigenvalue weighted by atomic mass is 16.5. The molecule has 2 atom stereocenters. The summed E-state index contributed by atoms with van der Waals surface area (Å²) in [6, 6.07) is 17.1. The van der Waals surface area contributed by atoms with E-state index in [-0.39, 0.29) is 17.7 Å². The van der Waals surface area contributed by atoms with Crippen molar-refractivity contribution in [1.29, 1.82) is 0 Å². The topological polar surface area (TPSA) is 58.6 Å². The van der Waals surface area contributed by atoms with Crippen LogP contribution < -0.4 is 10.1 Å². The molecular formula is C22H24N2O3. The van der Waals surface area contributed by atoms with Crippen molar-refractivity contribution < 1.29 is 14.3 Å². The minimum Gasteiger partial charge on any atom is -0.483 e. The lowest BCUT2D eigenvalue weighted by Gasteiger charge is -2.42. The Morgan fingerprint density at radius 2 is 1.89 bits per heavy atom. The van der Waals surface area contributed by atoms with Crippen LogP contribution >= 0.6 is 0 Å². The monoisotopic (exact) mass is 364 g/mol. The van der Waals surface area contributed by atoms with E-state index < -0.39 is 5.60 Å². The van der Waals surface area contributed by atoms with Crippen LogP contribution in [0.5, 0.6) is 5.75 Å². The number of amides is 2. The SMILES string of the molecule is C[C@H](C(=O)N1CCC[C@@]2(CNC(=O)c3ccccc3O2)C1)c1ccccc1. The van der Waals surface area contributed by atoms with Gasteiger partial charge in [-0.3, -0.25) is 9.59 Å². The second-order valence-electron chi connectivity index (χ2n) is 7.46. The van der Waals surface area contributed by atoms with E-state index in [1.54, 1.807) is 6.07 Å². The zero-order valence-electron chi connectivity index (χ0n) is 15.5. The van der Waals surface area contributed by atoms with E-state index in [0.29, 0.717) is 24.4 Å². The van der Waals surface area contributed by atoms with Crippen molar-refractivity contribution in [2.24, 2.45) is 0 Å². The van der Waals surface area contributed by atoms with Crippen LogP contribution in [0.1, 0.15) is 41.6 Å². The van der Waals surface area contributed by atoms with E-state index in [1.165, 1.54) is 0 Å². The van der Waals surface area contributed by atoms with Crippen LogP contribution in [0.4, 0.5) is 0 Å². The van der Waals surface area contributed by atoms with Gasteiger partial charge in [0.15, 0.2) is 0 Å². The summed E-state index contributed by atoms with van der Waals surface area (Å²) in [5.41, 5.74) is 0.991. The first-order valence-corrected chi connectivity index (χ1v) is 9.48. The molecule has 5 nitrogen and oxygen atoms in total. The predicted octanol–water partition coefficient (Wildman–Crippen LogP) is 2.97. The number of nitrogens with zero attached hydrogens (tertiary/aromatic N) is 1. The number of rotatable bonds is 2. The number of para-hydroxylation sites is 1. The van der Waals surface area contributed by atoms with E-state index in [9.17, 15) is 9.59 Å². The fraction of sp³-hybridized carbons (Fsp3) is 0.364. The summed E-state index contributed by atoms with van der Waals surface area (Å²) in [6.45, 7) is 3.56. The summed E-state index contributed by atoms with van der Waals surface area (Å²) in [5, 5.41) is 2.98. The lowest BCUT2D eigenvalue weighted by Crippen LogP contribution is -2.58. The first-order chi connectivity index (χ1) is 13.1. The molecule has 0 saturated carbocycles. The van der Waals surface area contributed by atoms with Gasteiger partial charge in [-0.15, -0.1) is 0 Å². The minimum absolute atomic E-state index is 0.104. The Morgan fingerprint density at radius 1 is 1.15 bits per heavy atom. The van der Waals surface area contributed by atoms with Gasteiger partial charge in [0.05, 0.1) is 24.6 Å². The first-order valence-electron chi connectivity index (χ1n) is 9.48. The molecule has 0 aliphatic carbocycles. The number of hydrogen-bond acceptors (Lipinski definition) is 3. The number of hydrogen-bond donors (Lipinski definition) is 1. The average molecular weight is 364 g/mol. The Balaban J connectivity index is 1.56. The lowest BCUT2D eigenvalue weighted by molar-refractivity contribution is -0.138. The number of fused-ring (bicyclic) bond motifs is 1. The second kappa shape index (κ2) is 7.06. The fourth-order valence-electron chi connectivity index (χ4n) is 4.02. The minimum atomic E-state index is -0.577. The van der Waals surface area contributed by atoms with Crippen LogP contribution in [0.25, 0.3) is 0 Å². The van der Waals surface area contributed by atoms with Gasteiger partial charge in [0.25, 0.3) is 5.91 Å². The molecule has 4 rings (SSSR count). The van der Waals surface area contributed by atoms with Crippen molar-refractivity contribution in [3.63, 3.8) is 0 Å². The average Bonchev–Trinajstić information content (AvgIpc) is 2.84.